The molecule has 0 bridgehead atoms. The summed E-state index contributed by atoms with van der Waals surface area (Å²) >= 11 is 9.25. The highest BCUT2D eigenvalue weighted by atomic mass is 79.9. The molecular weight excluding hydrogens is 575 g/mol. The maximum absolute atomic E-state index is 14.8. The van der Waals surface area contributed by atoms with Crippen LogP contribution in [0.25, 0.3) is 0 Å². The van der Waals surface area contributed by atoms with Gasteiger partial charge in [-0.25, -0.2) is 4.39 Å². The molecule has 3 N–H and O–H groups in total. The highest BCUT2D eigenvalue weighted by Crippen LogP contribution is 2.26. The van der Waals surface area contributed by atoms with E-state index in [9.17, 15) is 14.0 Å². The predicted octanol–water partition coefficient (Wildman–Crippen LogP) is 4.56. The first-order chi connectivity index (χ1) is 18.3. The first-order valence-corrected chi connectivity index (χ1v) is 14.2. The van der Waals surface area contributed by atoms with Gasteiger partial charge in [-0.2, -0.15) is 0 Å². The summed E-state index contributed by atoms with van der Waals surface area (Å²) in [6.45, 7) is 6.82. The van der Waals surface area contributed by atoms with E-state index >= 15 is 0 Å². The van der Waals surface area contributed by atoms with Gasteiger partial charge in [-0.15, -0.1) is 0 Å². The van der Waals surface area contributed by atoms with E-state index < -0.39 is 36.7 Å². The monoisotopic (exact) mass is 609 g/mol. The van der Waals surface area contributed by atoms with Gasteiger partial charge in [0.15, 0.2) is 5.82 Å². The van der Waals surface area contributed by atoms with E-state index in [-0.39, 0.29) is 27.4 Å². The lowest BCUT2D eigenvalue weighted by Crippen LogP contribution is -2.56. The van der Waals surface area contributed by atoms with Gasteiger partial charge >= 0.3 is 7.12 Å². The molecule has 7 nitrogen and oxygen atoms in total. The maximum Gasteiger partial charge on any atom is 0.480 e. The normalized spacial score (nSPS) is 16.5. The van der Waals surface area contributed by atoms with Gasteiger partial charge in [-0.1, -0.05) is 55.8 Å². The Kier molecular flexibility index (Phi) is 12.5. The minimum absolute atomic E-state index is 0.0439. The Morgan fingerprint density at radius 1 is 1.08 bits per heavy atom. The van der Waals surface area contributed by atoms with E-state index in [1.54, 1.807) is 0 Å². The first kappa shape index (κ1) is 30.6. The molecule has 1 saturated heterocycles. The SMILES string of the molecule is CC(C)C[C@H](NC(=O)[C@H](Cc1ccccc1)NC(=O)c1c(Cl)ccc(Br)c1F)B1OCCCNCCCO1. The topological polar surface area (TPSA) is 88.7 Å². The summed E-state index contributed by atoms with van der Waals surface area (Å²) in [5.41, 5.74) is 0.520. The summed E-state index contributed by atoms with van der Waals surface area (Å²) in [5.74, 6) is -2.16. The summed E-state index contributed by atoms with van der Waals surface area (Å²) in [6.07, 6.45) is 2.48. The molecule has 206 valence electrons. The van der Waals surface area contributed by atoms with Gasteiger partial charge < -0.3 is 25.3 Å². The van der Waals surface area contributed by atoms with E-state index in [0.29, 0.717) is 19.6 Å². The summed E-state index contributed by atoms with van der Waals surface area (Å²) in [7, 11) is -0.621. The molecule has 2 aromatic rings. The molecule has 3 rings (SSSR count). The summed E-state index contributed by atoms with van der Waals surface area (Å²) in [5, 5.41) is 9.06. The number of amides is 2. The lowest BCUT2D eigenvalue weighted by atomic mass is 9.73. The maximum atomic E-state index is 14.8. The van der Waals surface area contributed by atoms with Crippen molar-refractivity contribution in [1.82, 2.24) is 16.0 Å². The molecule has 1 aliphatic heterocycles. The molecule has 2 amide bonds. The second kappa shape index (κ2) is 15.6. The fraction of sp³-hybridized carbons (Fsp3) is 0.481. The van der Waals surface area contributed by atoms with Crippen LogP contribution >= 0.6 is 27.5 Å². The number of rotatable bonds is 9. The number of benzene rings is 2. The molecule has 1 heterocycles. The number of nitrogens with one attached hydrogen (secondary N) is 3. The van der Waals surface area contributed by atoms with E-state index in [1.165, 1.54) is 12.1 Å². The third-order valence-electron chi connectivity index (χ3n) is 6.12. The molecule has 1 fully saturated rings. The summed E-state index contributed by atoms with van der Waals surface area (Å²) < 4.78 is 27.0. The third-order valence-corrected chi connectivity index (χ3v) is 7.04. The Bertz CT molecular complexity index is 1060. The molecule has 38 heavy (non-hydrogen) atoms. The van der Waals surface area contributed by atoms with Crippen LogP contribution in [-0.2, 0) is 20.5 Å². The highest BCUT2D eigenvalue weighted by Gasteiger charge is 2.35. The van der Waals surface area contributed by atoms with Crippen LogP contribution in [0.4, 0.5) is 4.39 Å². The van der Waals surface area contributed by atoms with Gasteiger partial charge in [-0.3, -0.25) is 9.59 Å². The molecule has 0 radical (unpaired) electrons. The summed E-state index contributed by atoms with van der Waals surface area (Å²) in [4.78, 5) is 26.9. The fourth-order valence-corrected chi connectivity index (χ4v) is 4.81. The molecule has 0 spiro atoms. The highest BCUT2D eigenvalue weighted by molar-refractivity contribution is 9.10. The minimum atomic E-state index is -0.988. The van der Waals surface area contributed by atoms with Crippen molar-refractivity contribution >= 4 is 46.5 Å². The van der Waals surface area contributed by atoms with Crippen LogP contribution in [0, 0.1) is 11.7 Å². The number of hydrogen-bond acceptors (Lipinski definition) is 5. The lowest BCUT2D eigenvalue weighted by Gasteiger charge is -2.29. The molecule has 0 unspecified atom stereocenters. The van der Waals surface area contributed by atoms with Crippen LogP contribution < -0.4 is 16.0 Å². The molecule has 2 aromatic carbocycles. The minimum Gasteiger partial charge on any atom is -0.410 e. The Balaban J connectivity index is 1.83. The van der Waals surface area contributed by atoms with E-state index in [0.717, 1.165) is 31.5 Å². The lowest BCUT2D eigenvalue weighted by molar-refractivity contribution is -0.123. The van der Waals surface area contributed by atoms with Crippen molar-refractivity contribution in [2.45, 2.75) is 51.5 Å². The van der Waals surface area contributed by atoms with Crippen LogP contribution in [0.5, 0.6) is 0 Å². The molecule has 2 atom stereocenters. The van der Waals surface area contributed by atoms with Crippen molar-refractivity contribution in [3.05, 3.63) is 68.9 Å². The van der Waals surface area contributed by atoms with E-state index in [4.69, 9.17) is 20.9 Å². The zero-order valence-electron chi connectivity index (χ0n) is 21.8. The van der Waals surface area contributed by atoms with Gasteiger partial charge in [0, 0.05) is 19.6 Å². The zero-order chi connectivity index (χ0) is 27.5. The second-order valence-corrected chi connectivity index (χ2v) is 11.0. The third kappa shape index (κ3) is 9.34. The summed E-state index contributed by atoms with van der Waals surface area (Å²) in [6, 6.07) is 11.2. The second-order valence-electron chi connectivity index (χ2n) is 9.75. The molecule has 0 aliphatic carbocycles. The first-order valence-electron chi connectivity index (χ1n) is 13.0. The van der Waals surface area contributed by atoms with Crippen LogP contribution in [-0.4, -0.2) is 57.2 Å². The predicted molar refractivity (Wildman–Crippen MR) is 152 cm³/mol. The van der Waals surface area contributed by atoms with Crippen LogP contribution in [0.1, 0.15) is 49.0 Å². The van der Waals surface area contributed by atoms with Crippen molar-refractivity contribution in [2.24, 2.45) is 5.92 Å². The van der Waals surface area contributed by atoms with Crippen LogP contribution in [0.15, 0.2) is 46.9 Å². The van der Waals surface area contributed by atoms with Crippen molar-refractivity contribution in [3.63, 3.8) is 0 Å². The van der Waals surface area contributed by atoms with E-state index in [2.05, 4.69) is 45.7 Å². The molecular formula is C27H35BBrClFN3O4. The zero-order valence-corrected chi connectivity index (χ0v) is 24.1. The van der Waals surface area contributed by atoms with Crippen molar-refractivity contribution in [3.8, 4) is 0 Å². The Morgan fingerprint density at radius 3 is 2.37 bits per heavy atom. The van der Waals surface area contributed by atoms with E-state index in [1.807, 2.05) is 30.3 Å². The Labute approximate surface area is 237 Å². The van der Waals surface area contributed by atoms with Crippen LogP contribution in [0.2, 0.25) is 5.02 Å². The van der Waals surface area contributed by atoms with Gasteiger partial charge in [0.05, 0.1) is 21.0 Å². The van der Waals surface area contributed by atoms with Crippen molar-refractivity contribution in [2.75, 3.05) is 26.3 Å². The number of carbonyl (C=O) groups is 2. The quantitative estimate of drug-likeness (QED) is 0.286. The number of halogens is 3. The van der Waals surface area contributed by atoms with Crippen LogP contribution in [0.3, 0.4) is 0 Å². The van der Waals surface area contributed by atoms with Crippen molar-refractivity contribution < 1.29 is 23.3 Å². The molecule has 0 saturated carbocycles. The standard InChI is InChI=1S/C27H35BBrClFN3O4/c1-18(2)16-23(28-37-14-6-12-32-13-7-15-38-28)34-26(35)22(17-19-8-4-3-5-9-19)33-27(36)24-21(30)11-10-20(29)25(24)31/h3-5,8-11,18,22-23,32H,6-7,12-17H2,1-2H3,(H,33,36)(H,34,35)/t22-,23-/m0/s1. The van der Waals surface area contributed by atoms with Gasteiger partial charge in [0.2, 0.25) is 5.91 Å². The Morgan fingerprint density at radius 2 is 1.74 bits per heavy atom. The Hall–Kier alpha value is -1.98. The molecule has 11 heteroatoms. The molecule has 1 aliphatic rings. The smallest absolute Gasteiger partial charge is 0.410 e. The fourth-order valence-electron chi connectivity index (χ4n) is 4.25. The number of hydrogen-bond donors (Lipinski definition) is 3. The van der Waals surface area contributed by atoms with Gasteiger partial charge in [0.25, 0.3) is 5.91 Å². The molecule has 0 aromatic heterocycles. The van der Waals surface area contributed by atoms with Gasteiger partial charge in [-0.05, 0) is 71.9 Å². The average Bonchev–Trinajstić information content (AvgIpc) is 2.89. The van der Waals surface area contributed by atoms with Crippen molar-refractivity contribution in [1.29, 1.82) is 0 Å². The average molecular weight is 611 g/mol. The number of carbonyl (C=O) groups excluding carboxylic acids is 2. The largest absolute Gasteiger partial charge is 0.480 e. The van der Waals surface area contributed by atoms with Gasteiger partial charge in [0.1, 0.15) is 6.04 Å².